The van der Waals surface area contributed by atoms with Crippen LogP contribution in [0, 0.1) is 5.92 Å². The van der Waals surface area contributed by atoms with Gasteiger partial charge >= 0.3 is 0 Å². The van der Waals surface area contributed by atoms with E-state index in [1.165, 1.54) is 0 Å². The van der Waals surface area contributed by atoms with Crippen LogP contribution in [0.2, 0.25) is 0 Å². The summed E-state index contributed by atoms with van der Waals surface area (Å²) in [6.07, 6.45) is 1.08. The molecular formula is C23H36N6O3S. The van der Waals surface area contributed by atoms with Crippen LogP contribution >= 0.6 is 0 Å². The average molecular weight is 477 g/mol. The molecule has 3 aliphatic rings. The lowest BCUT2D eigenvalue weighted by Crippen LogP contribution is -2.57. The summed E-state index contributed by atoms with van der Waals surface area (Å²) < 4.78 is 30.2. The molecule has 3 heterocycles. The summed E-state index contributed by atoms with van der Waals surface area (Å²) in [4.78, 5) is 19.5. The van der Waals surface area contributed by atoms with Crippen molar-refractivity contribution in [1.82, 2.24) is 19.6 Å². The molecule has 0 saturated carbocycles. The molecule has 10 heteroatoms. The first-order valence-corrected chi connectivity index (χ1v) is 13.6. The van der Waals surface area contributed by atoms with Gasteiger partial charge in [0.15, 0.2) is 0 Å². The highest BCUT2D eigenvalue weighted by Gasteiger charge is 2.40. The molecule has 0 N–H and O–H groups in total. The van der Waals surface area contributed by atoms with E-state index in [4.69, 9.17) is 14.2 Å². The number of hydrogen-bond donors (Lipinski definition) is 0. The van der Waals surface area contributed by atoms with Gasteiger partial charge in [0.05, 0.1) is 23.7 Å². The Labute approximate surface area is 197 Å². The molecule has 3 aliphatic heterocycles. The third kappa shape index (κ3) is 5.74. The Bertz CT molecular complexity index is 936. The lowest BCUT2D eigenvalue weighted by molar-refractivity contribution is 0.160. The zero-order chi connectivity index (χ0) is 23.6. The largest absolute Gasteiger partial charge is 0.357 e. The highest BCUT2D eigenvalue weighted by molar-refractivity contribution is 7.86. The van der Waals surface area contributed by atoms with Gasteiger partial charge < -0.3 is 19.6 Å². The Morgan fingerprint density at radius 3 is 1.67 bits per heavy atom. The van der Waals surface area contributed by atoms with Crippen LogP contribution in [0.15, 0.2) is 34.3 Å². The number of rotatable bonds is 4. The first-order valence-electron chi connectivity index (χ1n) is 11.8. The van der Waals surface area contributed by atoms with Gasteiger partial charge in [-0.25, -0.2) is 9.98 Å². The van der Waals surface area contributed by atoms with E-state index < -0.39 is 16.2 Å². The molecular weight excluding hydrogens is 440 g/mol. The number of para-hydroxylation sites is 2. The van der Waals surface area contributed by atoms with E-state index in [1.54, 1.807) is 0 Å². The Kier molecular flexibility index (Phi) is 7.37. The molecule has 4 rings (SSSR count). The minimum Gasteiger partial charge on any atom is -0.357 e. The third-order valence-electron chi connectivity index (χ3n) is 6.64. The number of aliphatic imine (C=N–C) groups is 2. The first-order chi connectivity index (χ1) is 15.7. The van der Waals surface area contributed by atoms with Gasteiger partial charge in [0.1, 0.15) is 17.6 Å². The first kappa shape index (κ1) is 24.1. The summed E-state index contributed by atoms with van der Waals surface area (Å²) in [7, 11) is 0.592. The van der Waals surface area contributed by atoms with Crippen molar-refractivity contribution in [2.45, 2.75) is 19.4 Å². The minimum atomic E-state index is -3.65. The average Bonchev–Trinajstić information content (AvgIpc) is 2.95. The summed E-state index contributed by atoms with van der Waals surface area (Å²) in [5.74, 6) is 1.35. The van der Waals surface area contributed by atoms with Crippen molar-refractivity contribution < 1.29 is 12.6 Å². The van der Waals surface area contributed by atoms with Crippen molar-refractivity contribution >= 4 is 33.2 Å². The van der Waals surface area contributed by atoms with Gasteiger partial charge in [-0.1, -0.05) is 19.1 Å². The summed E-state index contributed by atoms with van der Waals surface area (Å²) in [5, 5.41) is 0. The van der Waals surface area contributed by atoms with Crippen molar-refractivity contribution in [3.05, 3.63) is 24.3 Å². The molecule has 1 atom stereocenters. The second-order valence-electron chi connectivity index (χ2n) is 9.23. The van der Waals surface area contributed by atoms with Crippen LogP contribution in [0.3, 0.4) is 0 Å². The van der Waals surface area contributed by atoms with Crippen LogP contribution in [-0.4, -0.2) is 119 Å². The molecule has 9 nitrogen and oxygen atoms in total. The van der Waals surface area contributed by atoms with Gasteiger partial charge in [-0.15, -0.1) is 0 Å². The molecule has 182 valence electrons. The van der Waals surface area contributed by atoms with Gasteiger partial charge in [0.2, 0.25) is 0 Å². The highest BCUT2D eigenvalue weighted by Crippen LogP contribution is 2.35. The quantitative estimate of drug-likeness (QED) is 0.611. The molecule has 33 heavy (non-hydrogen) atoms. The maximum Gasteiger partial charge on any atom is 0.264 e. The number of fused-ring (bicyclic) bond motifs is 1. The van der Waals surface area contributed by atoms with Crippen molar-refractivity contribution in [3.63, 3.8) is 0 Å². The lowest BCUT2D eigenvalue weighted by atomic mass is 9.94. The van der Waals surface area contributed by atoms with E-state index in [9.17, 15) is 8.42 Å². The van der Waals surface area contributed by atoms with E-state index in [0.29, 0.717) is 6.42 Å². The Morgan fingerprint density at radius 2 is 1.30 bits per heavy atom. The Hall–Kier alpha value is -2.01. The van der Waals surface area contributed by atoms with Gasteiger partial charge in [0.25, 0.3) is 10.1 Å². The molecule has 0 aromatic heterocycles. The molecule has 0 aliphatic carbocycles. The van der Waals surface area contributed by atoms with E-state index in [-0.39, 0.29) is 5.92 Å². The van der Waals surface area contributed by atoms with E-state index >= 15 is 0 Å². The summed E-state index contributed by atoms with van der Waals surface area (Å²) in [6, 6.07) is 7.91. The molecule has 0 radical (unpaired) electrons. The van der Waals surface area contributed by atoms with E-state index in [1.807, 2.05) is 31.2 Å². The van der Waals surface area contributed by atoms with Gasteiger partial charge in [-0.05, 0) is 32.6 Å². The topological polar surface area (TPSA) is 81.0 Å². The molecule has 1 unspecified atom stereocenters. The van der Waals surface area contributed by atoms with Crippen LogP contribution < -0.4 is 0 Å². The second kappa shape index (κ2) is 10.1. The molecule has 0 bridgehead atoms. The molecule has 1 aromatic carbocycles. The zero-order valence-corrected chi connectivity index (χ0v) is 21.0. The summed E-state index contributed by atoms with van der Waals surface area (Å²) in [5.41, 5.74) is 1.63. The molecule has 0 amide bonds. The fourth-order valence-electron chi connectivity index (χ4n) is 4.68. The van der Waals surface area contributed by atoms with Crippen LogP contribution in [0.1, 0.15) is 13.3 Å². The third-order valence-corrected chi connectivity index (χ3v) is 7.23. The number of amidine groups is 2. The standard InChI is InChI=1S/C23H36N6O3S/c1-5-20(32-33(4,30)31)21-22(28-14-10-26(2)11-15-28)24-18-8-6-7-9-19(18)25-23(21)29-16-12-27(3)13-17-29/h6-9,20-21H,5,10-17H2,1-4H3. The maximum absolute atomic E-state index is 12.3. The van der Waals surface area contributed by atoms with Crippen molar-refractivity contribution in [1.29, 1.82) is 0 Å². The number of likely N-dealkylation sites (N-methyl/N-ethyl adjacent to an activating group) is 2. The van der Waals surface area contributed by atoms with E-state index in [2.05, 4.69) is 33.7 Å². The van der Waals surface area contributed by atoms with Crippen LogP contribution in [0.5, 0.6) is 0 Å². The highest BCUT2D eigenvalue weighted by atomic mass is 32.2. The number of hydrogen-bond acceptors (Lipinski definition) is 9. The number of benzene rings is 1. The van der Waals surface area contributed by atoms with E-state index in [0.717, 1.165) is 81.7 Å². The number of nitrogens with zero attached hydrogens (tertiary/aromatic N) is 6. The lowest BCUT2D eigenvalue weighted by Gasteiger charge is -2.42. The van der Waals surface area contributed by atoms with Crippen LogP contribution in [-0.2, 0) is 14.3 Å². The number of piperazine rings is 2. The molecule has 1 aromatic rings. The van der Waals surface area contributed by atoms with Gasteiger partial charge in [0, 0.05) is 52.4 Å². The predicted octanol–water partition coefficient (Wildman–Crippen LogP) is 1.63. The molecule has 2 saturated heterocycles. The second-order valence-corrected chi connectivity index (χ2v) is 10.8. The van der Waals surface area contributed by atoms with Gasteiger partial charge in [-0.2, -0.15) is 8.42 Å². The maximum atomic E-state index is 12.3. The minimum absolute atomic E-state index is 0.371. The summed E-state index contributed by atoms with van der Waals surface area (Å²) >= 11 is 0. The van der Waals surface area contributed by atoms with Crippen LogP contribution in [0.25, 0.3) is 0 Å². The fraction of sp³-hybridized carbons (Fsp3) is 0.652. The normalized spacial score (nSPS) is 22.4. The SMILES string of the molecule is CCC(OS(C)(=O)=O)C1C(N2CCN(C)CC2)=Nc2ccccc2N=C1N1CCN(C)CC1. The van der Waals surface area contributed by atoms with Crippen molar-refractivity contribution in [2.24, 2.45) is 15.9 Å². The zero-order valence-electron chi connectivity index (χ0n) is 20.1. The monoisotopic (exact) mass is 476 g/mol. The van der Waals surface area contributed by atoms with Gasteiger partial charge in [-0.3, -0.25) is 4.18 Å². The molecule has 0 spiro atoms. The van der Waals surface area contributed by atoms with Crippen molar-refractivity contribution in [3.8, 4) is 0 Å². The fourth-order valence-corrected chi connectivity index (χ4v) is 5.37. The Morgan fingerprint density at radius 1 is 0.879 bits per heavy atom. The van der Waals surface area contributed by atoms with Crippen LogP contribution in [0.4, 0.5) is 11.4 Å². The summed E-state index contributed by atoms with van der Waals surface area (Å²) in [6.45, 7) is 9.01. The Balaban J connectivity index is 1.84. The smallest absolute Gasteiger partial charge is 0.264 e. The molecule has 2 fully saturated rings. The van der Waals surface area contributed by atoms with Crippen molar-refractivity contribution in [2.75, 3.05) is 72.7 Å². The predicted molar refractivity (Wildman–Crippen MR) is 132 cm³/mol.